The molecule has 1 heterocycles. The third kappa shape index (κ3) is 2.80. The third-order valence-electron chi connectivity index (χ3n) is 1.33. The van der Waals surface area contributed by atoms with Gasteiger partial charge >= 0.3 is 0 Å². The molecule has 0 saturated carbocycles. The first kappa shape index (κ1) is 8.87. The smallest absolute Gasteiger partial charge is 0.141 e. The highest BCUT2D eigenvalue weighted by Crippen LogP contribution is 2.00. The first-order valence-corrected chi connectivity index (χ1v) is 3.72. The fourth-order valence-corrected chi connectivity index (χ4v) is 0.764. The van der Waals surface area contributed by atoms with Gasteiger partial charge in [-0.15, -0.1) is 0 Å². The lowest BCUT2D eigenvalue weighted by molar-refractivity contribution is 0.303. The molecule has 2 nitrogen and oxygen atoms in total. The molecule has 3 heteroatoms. The molecule has 0 spiro atoms. The van der Waals surface area contributed by atoms with Gasteiger partial charge in [-0.25, -0.2) is 4.39 Å². The van der Waals surface area contributed by atoms with Crippen molar-refractivity contribution in [2.75, 3.05) is 6.61 Å². The highest BCUT2D eigenvalue weighted by molar-refractivity contribution is 5.43. The fourth-order valence-electron chi connectivity index (χ4n) is 0.764. The monoisotopic (exact) mass is 167 g/mol. The number of nitrogens with zero attached hydrogens (tertiary/aromatic N) is 1. The van der Waals surface area contributed by atoms with Crippen LogP contribution in [0.2, 0.25) is 0 Å². The van der Waals surface area contributed by atoms with E-state index in [4.69, 9.17) is 5.11 Å². The molecule has 1 aromatic rings. The van der Waals surface area contributed by atoms with Crippen molar-refractivity contribution < 1.29 is 9.50 Å². The summed E-state index contributed by atoms with van der Waals surface area (Å²) in [5.41, 5.74) is 0.699. The molecule has 0 unspecified atom stereocenters. The quantitative estimate of drug-likeness (QED) is 0.742. The standard InChI is InChI=1S/C9H10FNO/c10-8-4-5-9(11-7-8)3-1-2-6-12/h1,3-5,7,12H,2,6H2. The second kappa shape index (κ2) is 4.62. The maximum Gasteiger partial charge on any atom is 0.141 e. The van der Waals surface area contributed by atoms with Crippen LogP contribution in [0.25, 0.3) is 6.08 Å². The molecule has 1 aromatic heterocycles. The lowest BCUT2D eigenvalue weighted by Gasteiger charge is -1.90. The van der Waals surface area contributed by atoms with E-state index in [2.05, 4.69) is 4.98 Å². The van der Waals surface area contributed by atoms with Crippen LogP contribution in [0.1, 0.15) is 12.1 Å². The van der Waals surface area contributed by atoms with E-state index in [1.165, 1.54) is 12.3 Å². The average molecular weight is 167 g/mol. The van der Waals surface area contributed by atoms with Crippen molar-refractivity contribution in [1.29, 1.82) is 0 Å². The highest BCUT2D eigenvalue weighted by atomic mass is 19.1. The summed E-state index contributed by atoms with van der Waals surface area (Å²) >= 11 is 0. The zero-order valence-electron chi connectivity index (χ0n) is 6.57. The summed E-state index contributed by atoms with van der Waals surface area (Å²) in [6.45, 7) is 0.123. The number of hydrogen-bond acceptors (Lipinski definition) is 2. The van der Waals surface area contributed by atoms with Gasteiger partial charge in [-0.2, -0.15) is 0 Å². The van der Waals surface area contributed by atoms with Gasteiger partial charge in [0, 0.05) is 6.61 Å². The minimum Gasteiger partial charge on any atom is -0.396 e. The molecule has 0 aliphatic rings. The van der Waals surface area contributed by atoms with Crippen molar-refractivity contribution >= 4 is 6.08 Å². The van der Waals surface area contributed by atoms with E-state index in [-0.39, 0.29) is 12.4 Å². The Kier molecular flexibility index (Phi) is 3.41. The predicted molar refractivity (Wildman–Crippen MR) is 44.9 cm³/mol. The number of aliphatic hydroxyl groups excluding tert-OH is 1. The van der Waals surface area contributed by atoms with Crippen LogP contribution in [-0.2, 0) is 0 Å². The molecule has 1 N–H and O–H groups in total. The molecule has 0 aliphatic heterocycles. The number of aromatic nitrogens is 1. The van der Waals surface area contributed by atoms with Gasteiger partial charge in [0.05, 0.1) is 11.9 Å². The summed E-state index contributed by atoms with van der Waals surface area (Å²) in [6, 6.07) is 2.94. The molecule has 0 fully saturated rings. The molecule has 0 atom stereocenters. The van der Waals surface area contributed by atoms with Crippen LogP contribution in [-0.4, -0.2) is 16.7 Å². The topological polar surface area (TPSA) is 33.1 Å². The molecule has 0 bridgehead atoms. The Hall–Kier alpha value is -1.22. The second-order valence-electron chi connectivity index (χ2n) is 2.32. The van der Waals surface area contributed by atoms with E-state index < -0.39 is 0 Å². The molecule has 0 saturated heterocycles. The zero-order valence-corrected chi connectivity index (χ0v) is 6.57. The van der Waals surface area contributed by atoms with Crippen molar-refractivity contribution in [2.45, 2.75) is 6.42 Å². The van der Waals surface area contributed by atoms with E-state index in [1.54, 1.807) is 18.2 Å². The summed E-state index contributed by atoms with van der Waals surface area (Å²) in [5.74, 6) is -0.339. The Balaban J connectivity index is 2.58. The Morgan fingerprint density at radius 1 is 1.50 bits per heavy atom. The van der Waals surface area contributed by atoms with Crippen LogP contribution in [0.4, 0.5) is 4.39 Å². The van der Waals surface area contributed by atoms with Crippen LogP contribution in [0.3, 0.4) is 0 Å². The van der Waals surface area contributed by atoms with E-state index in [1.807, 2.05) is 0 Å². The Bertz CT molecular complexity index is 256. The summed E-state index contributed by atoms with van der Waals surface area (Å²) in [5, 5.41) is 8.46. The Labute approximate surface area is 70.4 Å². The van der Waals surface area contributed by atoms with Crippen molar-refractivity contribution in [3.05, 3.63) is 35.9 Å². The molecule has 64 valence electrons. The van der Waals surface area contributed by atoms with Crippen LogP contribution in [0, 0.1) is 5.82 Å². The first-order valence-electron chi connectivity index (χ1n) is 3.72. The Morgan fingerprint density at radius 3 is 2.92 bits per heavy atom. The summed E-state index contributed by atoms with van der Waals surface area (Å²) in [6.07, 6.45) is 5.30. The summed E-state index contributed by atoms with van der Waals surface area (Å²) in [4.78, 5) is 3.81. The SMILES string of the molecule is OCCC=Cc1ccc(F)cn1. The van der Waals surface area contributed by atoms with Gasteiger partial charge in [-0.1, -0.05) is 6.08 Å². The van der Waals surface area contributed by atoms with Crippen LogP contribution in [0.15, 0.2) is 24.4 Å². The summed E-state index contributed by atoms with van der Waals surface area (Å²) < 4.78 is 12.3. The van der Waals surface area contributed by atoms with E-state index >= 15 is 0 Å². The van der Waals surface area contributed by atoms with Gasteiger partial charge in [0.1, 0.15) is 5.82 Å². The molecule has 0 amide bonds. The molecule has 0 aromatic carbocycles. The van der Waals surface area contributed by atoms with Gasteiger partial charge in [-0.05, 0) is 24.6 Å². The van der Waals surface area contributed by atoms with Crippen molar-refractivity contribution in [3.8, 4) is 0 Å². The minimum atomic E-state index is -0.339. The first-order chi connectivity index (χ1) is 5.83. The number of aliphatic hydroxyl groups is 1. The molecule has 1 rings (SSSR count). The maximum atomic E-state index is 12.3. The Morgan fingerprint density at radius 2 is 2.33 bits per heavy atom. The maximum absolute atomic E-state index is 12.3. The lowest BCUT2D eigenvalue weighted by Crippen LogP contribution is -1.82. The fraction of sp³-hybridized carbons (Fsp3) is 0.222. The largest absolute Gasteiger partial charge is 0.396 e. The van der Waals surface area contributed by atoms with Gasteiger partial charge in [0.15, 0.2) is 0 Å². The van der Waals surface area contributed by atoms with Gasteiger partial charge in [0.25, 0.3) is 0 Å². The lowest BCUT2D eigenvalue weighted by atomic mass is 10.3. The number of pyridine rings is 1. The van der Waals surface area contributed by atoms with Gasteiger partial charge in [-0.3, -0.25) is 4.98 Å². The third-order valence-corrected chi connectivity index (χ3v) is 1.33. The number of hydrogen-bond donors (Lipinski definition) is 1. The molecule has 12 heavy (non-hydrogen) atoms. The normalized spacial score (nSPS) is 10.8. The van der Waals surface area contributed by atoms with E-state index in [9.17, 15) is 4.39 Å². The summed E-state index contributed by atoms with van der Waals surface area (Å²) in [7, 11) is 0. The highest BCUT2D eigenvalue weighted by Gasteiger charge is 1.88. The van der Waals surface area contributed by atoms with Crippen LogP contribution < -0.4 is 0 Å². The van der Waals surface area contributed by atoms with Crippen molar-refractivity contribution in [1.82, 2.24) is 4.98 Å². The van der Waals surface area contributed by atoms with E-state index in [0.29, 0.717) is 12.1 Å². The minimum absolute atomic E-state index is 0.123. The molecular formula is C9H10FNO. The number of rotatable bonds is 3. The molecule has 0 radical (unpaired) electrons. The van der Waals surface area contributed by atoms with Crippen LogP contribution >= 0.6 is 0 Å². The van der Waals surface area contributed by atoms with E-state index in [0.717, 1.165) is 0 Å². The van der Waals surface area contributed by atoms with Crippen molar-refractivity contribution in [3.63, 3.8) is 0 Å². The second-order valence-corrected chi connectivity index (χ2v) is 2.32. The van der Waals surface area contributed by atoms with Crippen LogP contribution in [0.5, 0.6) is 0 Å². The average Bonchev–Trinajstić information content (AvgIpc) is 2.09. The molecular weight excluding hydrogens is 157 g/mol. The van der Waals surface area contributed by atoms with Crippen molar-refractivity contribution in [2.24, 2.45) is 0 Å². The molecule has 0 aliphatic carbocycles. The zero-order chi connectivity index (χ0) is 8.81. The number of halogens is 1. The predicted octanol–water partition coefficient (Wildman–Crippen LogP) is 1.62. The van der Waals surface area contributed by atoms with Gasteiger partial charge in [0.2, 0.25) is 0 Å². The van der Waals surface area contributed by atoms with Gasteiger partial charge < -0.3 is 5.11 Å².